The van der Waals surface area contributed by atoms with Crippen molar-refractivity contribution in [3.63, 3.8) is 0 Å². The summed E-state index contributed by atoms with van der Waals surface area (Å²) in [6, 6.07) is 21.4. The minimum atomic E-state index is 0.268. The zero-order valence-electron chi connectivity index (χ0n) is 18.3. The van der Waals surface area contributed by atoms with Crippen molar-refractivity contribution in [3.05, 3.63) is 89.0 Å². The number of benzene rings is 3. The molecule has 0 spiro atoms. The average molecular weight is 428 g/mol. The fourth-order valence-electron chi connectivity index (χ4n) is 4.83. The Morgan fingerprint density at radius 3 is 2.28 bits per heavy atom. The molecule has 164 valence electrons. The molecule has 3 aromatic carbocycles. The van der Waals surface area contributed by atoms with Gasteiger partial charge in [-0.2, -0.15) is 0 Å². The van der Waals surface area contributed by atoms with Gasteiger partial charge in [-0.1, -0.05) is 30.3 Å². The molecule has 0 radical (unpaired) electrons. The van der Waals surface area contributed by atoms with Crippen LogP contribution >= 0.6 is 0 Å². The monoisotopic (exact) mass is 427 g/mol. The Morgan fingerprint density at radius 2 is 1.53 bits per heavy atom. The third kappa shape index (κ3) is 4.51. The molecule has 5 rings (SSSR count). The lowest BCUT2D eigenvalue weighted by atomic mass is 9.95. The molecule has 0 saturated carbocycles. The third-order valence-corrected chi connectivity index (χ3v) is 6.54. The molecule has 0 atom stereocenters. The van der Waals surface area contributed by atoms with Gasteiger partial charge in [-0.25, -0.2) is 0 Å². The second kappa shape index (κ2) is 9.09. The van der Waals surface area contributed by atoms with E-state index in [0.717, 1.165) is 42.9 Å². The van der Waals surface area contributed by atoms with E-state index in [9.17, 15) is 10.2 Å². The second-order valence-electron chi connectivity index (χ2n) is 8.74. The first-order valence-corrected chi connectivity index (χ1v) is 11.4. The largest absolute Gasteiger partial charge is 0.508 e. The first-order valence-electron chi connectivity index (χ1n) is 11.4. The number of hydrogen-bond acceptors (Lipinski definition) is 4. The lowest BCUT2D eigenvalue weighted by Crippen LogP contribution is -2.25. The Labute approximate surface area is 189 Å². The molecular formula is C28H29NO3. The summed E-state index contributed by atoms with van der Waals surface area (Å²) in [6.07, 6.45) is 4.20. The van der Waals surface area contributed by atoms with Crippen molar-refractivity contribution in [1.29, 1.82) is 0 Å². The smallest absolute Gasteiger partial charge is 0.119 e. The number of ether oxygens (including phenoxy) is 1. The van der Waals surface area contributed by atoms with E-state index < -0.39 is 0 Å². The molecule has 2 aliphatic rings. The van der Waals surface area contributed by atoms with E-state index in [1.807, 2.05) is 24.3 Å². The summed E-state index contributed by atoms with van der Waals surface area (Å²) >= 11 is 0. The Hall–Kier alpha value is -3.24. The number of aromatic hydroxyl groups is 2. The summed E-state index contributed by atoms with van der Waals surface area (Å²) in [5, 5.41) is 19.7. The van der Waals surface area contributed by atoms with Gasteiger partial charge in [0.2, 0.25) is 0 Å². The summed E-state index contributed by atoms with van der Waals surface area (Å²) in [5.74, 6) is 1.48. The summed E-state index contributed by atoms with van der Waals surface area (Å²) in [6.45, 7) is 4.11. The molecule has 1 aliphatic carbocycles. The predicted octanol–water partition coefficient (Wildman–Crippen LogP) is 5.28. The first-order chi connectivity index (χ1) is 15.7. The summed E-state index contributed by atoms with van der Waals surface area (Å²) < 4.78 is 5.96. The molecule has 0 unspecified atom stereocenters. The number of fused-ring (bicyclic) bond motifs is 1. The van der Waals surface area contributed by atoms with Gasteiger partial charge in [0.05, 0.1) is 0 Å². The average Bonchev–Trinajstić information content (AvgIpc) is 3.43. The highest BCUT2D eigenvalue weighted by Gasteiger charge is 2.23. The number of phenolic OH excluding ortho intramolecular Hbond substituents is 2. The Kier molecular flexibility index (Phi) is 5.87. The van der Waals surface area contributed by atoms with Crippen LogP contribution in [0.2, 0.25) is 0 Å². The van der Waals surface area contributed by atoms with E-state index in [4.69, 9.17) is 4.74 Å². The molecule has 1 aliphatic heterocycles. The van der Waals surface area contributed by atoms with Gasteiger partial charge in [-0.3, -0.25) is 4.90 Å². The summed E-state index contributed by atoms with van der Waals surface area (Å²) in [7, 11) is 0. The Morgan fingerprint density at radius 1 is 0.812 bits per heavy atom. The van der Waals surface area contributed by atoms with E-state index in [1.165, 1.54) is 48.2 Å². The molecule has 1 heterocycles. The van der Waals surface area contributed by atoms with Crippen LogP contribution < -0.4 is 4.74 Å². The van der Waals surface area contributed by atoms with Crippen LogP contribution in [0.5, 0.6) is 17.2 Å². The fraction of sp³-hybridized carbons (Fsp3) is 0.286. The number of rotatable bonds is 7. The zero-order valence-corrected chi connectivity index (χ0v) is 18.3. The third-order valence-electron chi connectivity index (χ3n) is 6.54. The number of allylic oxidation sites excluding steroid dienone is 2. The molecule has 32 heavy (non-hydrogen) atoms. The molecule has 2 N–H and O–H groups in total. The minimum absolute atomic E-state index is 0.268. The van der Waals surface area contributed by atoms with E-state index in [2.05, 4.69) is 29.2 Å². The molecule has 3 aromatic rings. The normalized spacial score (nSPS) is 15.9. The first kappa shape index (κ1) is 20.7. The molecule has 4 heteroatoms. The van der Waals surface area contributed by atoms with E-state index in [-0.39, 0.29) is 5.75 Å². The molecule has 0 aromatic heterocycles. The van der Waals surface area contributed by atoms with Crippen LogP contribution in [0.25, 0.3) is 11.1 Å². The number of nitrogens with zero attached hydrogens (tertiary/aromatic N) is 1. The van der Waals surface area contributed by atoms with Gasteiger partial charge in [0.1, 0.15) is 23.9 Å². The van der Waals surface area contributed by atoms with Crippen LogP contribution in [0.4, 0.5) is 0 Å². The minimum Gasteiger partial charge on any atom is -0.508 e. The van der Waals surface area contributed by atoms with Crippen LogP contribution in [0.15, 0.2) is 66.7 Å². The highest BCUT2D eigenvalue weighted by atomic mass is 16.5. The molecule has 1 fully saturated rings. The van der Waals surface area contributed by atoms with Crippen molar-refractivity contribution in [2.75, 3.05) is 26.2 Å². The van der Waals surface area contributed by atoms with E-state index >= 15 is 0 Å². The second-order valence-corrected chi connectivity index (χ2v) is 8.74. The van der Waals surface area contributed by atoms with Crippen LogP contribution in [0.1, 0.15) is 35.1 Å². The maximum atomic E-state index is 9.97. The highest BCUT2D eigenvalue weighted by Crippen LogP contribution is 2.41. The van der Waals surface area contributed by atoms with Gasteiger partial charge in [0.15, 0.2) is 0 Å². The highest BCUT2D eigenvalue weighted by molar-refractivity contribution is 5.98. The summed E-state index contributed by atoms with van der Waals surface area (Å²) in [4.78, 5) is 2.46. The Balaban J connectivity index is 1.34. The fourth-order valence-corrected chi connectivity index (χ4v) is 4.83. The lowest BCUT2D eigenvalue weighted by molar-refractivity contribution is 0.238. The summed E-state index contributed by atoms with van der Waals surface area (Å²) in [5.41, 5.74) is 7.19. The predicted molar refractivity (Wildman–Crippen MR) is 128 cm³/mol. The van der Waals surface area contributed by atoms with Gasteiger partial charge in [-0.15, -0.1) is 0 Å². The van der Waals surface area contributed by atoms with Gasteiger partial charge in [0.25, 0.3) is 0 Å². The maximum absolute atomic E-state index is 9.97. The standard InChI is InChI=1S/C28H29NO3/c30-23-7-5-21(6-8-23)27-19-22-18-24(31)9-12-26(22)28(27)17-20-3-10-25(11-4-20)32-16-15-29-13-1-2-14-29/h3-12,18,30-31H,1-2,13-17,19H2. The van der Waals surface area contributed by atoms with Crippen molar-refractivity contribution in [3.8, 4) is 17.2 Å². The Bertz CT molecular complexity index is 1110. The van der Waals surface area contributed by atoms with Gasteiger partial charge in [-0.05, 0) is 109 Å². The van der Waals surface area contributed by atoms with Crippen LogP contribution in [0, 0.1) is 0 Å². The quantitative estimate of drug-likeness (QED) is 0.539. The van der Waals surface area contributed by atoms with E-state index in [0.29, 0.717) is 5.75 Å². The molecule has 1 saturated heterocycles. The van der Waals surface area contributed by atoms with Crippen molar-refractivity contribution in [2.24, 2.45) is 0 Å². The maximum Gasteiger partial charge on any atom is 0.119 e. The molecular weight excluding hydrogens is 398 g/mol. The van der Waals surface area contributed by atoms with Crippen molar-refractivity contribution in [1.82, 2.24) is 4.90 Å². The van der Waals surface area contributed by atoms with Gasteiger partial charge in [0, 0.05) is 6.54 Å². The lowest BCUT2D eigenvalue weighted by Gasteiger charge is -2.15. The van der Waals surface area contributed by atoms with Gasteiger partial charge < -0.3 is 14.9 Å². The van der Waals surface area contributed by atoms with Crippen LogP contribution in [0.3, 0.4) is 0 Å². The number of likely N-dealkylation sites (tertiary alicyclic amines) is 1. The van der Waals surface area contributed by atoms with Crippen LogP contribution in [-0.4, -0.2) is 41.4 Å². The van der Waals surface area contributed by atoms with Crippen molar-refractivity contribution in [2.45, 2.75) is 25.7 Å². The molecule has 0 amide bonds. The zero-order chi connectivity index (χ0) is 21.9. The van der Waals surface area contributed by atoms with Crippen LogP contribution in [-0.2, 0) is 12.8 Å². The topological polar surface area (TPSA) is 52.9 Å². The number of hydrogen-bond donors (Lipinski definition) is 2. The van der Waals surface area contributed by atoms with Gasteiger partial charge >= 0.3 is 0 Å². The molecule has 4 nitrogen and oxygen atoms in total. The molecule has 0 bridgehead atoms. The van der Waals surface area contributed by atoms with E-state index in [1.54, 1.807) is 18.2 Å². The number of phenols is 2. The van der Waals surface area contributed by atoms with Crippen molar-refractivity contribution >= 4 is 11.1 Å². The van der Waals surface area contributed by atoms with Crippen molar-refractivity contribution < 1.29 is 14.9 Å². The SMILES string of the molecule is Oc1ccc(C2=C(Cc3ccc(OCCN4CCCC4)cc3)c3ccc(O)cc3C2)cc1.